The van der Waals surface area contributed by atoms with Crippen LogP contribution in [0.3, 0.4) is 0 Å². The van der Waals surface area contributed by atoms with Crippen molar-refractivity contribution in [3.63, 3.8) is 0 Å². The molecule has 1 amide bonds. The Bertz CT molecular complexity index is 845. The van der Waals surface area contributed by atoms with E-state index in [2.05, 4.69) is 5.32 Å². The summed E-state index contributed by atoms with van der Waals surface area (Å²) in [5, 5.41) is 2.76. The van der Waals surface area contributed by atoms with Crippen LogP contribution in [0.1, 0.15) is 28.8 Å². The smallest absolute Gasteiger partial charge is 0.261 e. The number of ketones is 2. The highest BCUT2D eigenvalue weighted by Gasteiger charge is 2.56. The van der Waals surface area contributed by atoms with Crippen LogP contribution in [0.25, 0.3) is 0 Å². The Morgan fingerprint density at radius 2 is 1.79 bits per heavy atom. The average molecular weight is 321 g/mol. The maximum absolute atomic E-state index is 12.4. The van der Waals surface area contributed by atoms with Gasteiger partial charge in [0.1, 0.15) is 6.10 Å². The summed E-state index contributed by atoms with van der Waals surface area (Å²) >= 11 is 0. The van der Waals surface area contributed by atoms with E-state index in [-0.39, 0.29) is 30.3 Å². The Kier molecular flexibility index (Phi) is 3.32. The van der Waals surface area contributed by atoms with Gasteiger partial charge in [-0.05, 0) is 6.07 Å². The Balaban J connectivity index is 1.60. The first-order valence-electron chi connectivity index (χ1n) is 7.80. The van der Waals surface area contributed by atoms with Gasteiger partial charge in [0.05, 0.1) is 6.42 Å². The molecule has 0 unspecified atom stereocenters. The summed E-state index contributed by atoms with van der Waals surface area (Å²) in [5.41, 5.74) is 0.560. The lowest BCUT2D eigenvalue weighted by molar-refractivity contribution is -0.140. The van der Waals surface area contributed by atoms with Crippen molar-refractivity contribution in [2.24, 2.45) is 0 Å². The fourth-order valence-corrected chi connectivity index (χ4v) is 3.36. The van der Waals surface area contributed by atoms with Crippen molar-refractivity contribution in [2.75, 3.05) is 5.32 Å². The number of carbonyl (C=O) groups is 3. The second-order valence-electron chi connectivity index (χ2n) is 6.07. The van der Waals surface area contributed by atoms with Gasteiger partial charge in [-0.1, -0.05) is 48.5 Å². The summed E-state index contributed by atoms with van der Waals surface area (Å²) in [6.07, 6.45) is -0.988. The first-order valence-corrected chi connectivity index (χ1v) is 7.80. The molecule has 0 aromatic heterocycles. The lowest BCUT2D eigenvalue weighted by Crippen LogP contribution is -2.34. The molecule has 1 N–H and O–H groups in total. The molecule has 0 bridgehead atoms. The molecule has 24 heavy (non-hydrogen) atoms. The molecule has 4 rings (SSSR count). The van der Waals surface area contributed by atoms with E-state index in [1.54, 1.807) is 42.5 Å². The molecule has 2 aromatic carbocycles. The second-order valence-corrected chi connectivity index (χ2v) is 6.07. The minimum absolute atomic E-state index is 0.0391. The quantitative estimate of drug-likeness (QED) is 0.882. The first kappa shape index (κ1) is 14.8. The summed E-state index contributed by atoms with van der Waals surface area (Å²) < 4.78 is 5.87. The summed E-state index contributed by atoms with van der Waals surface area (Å²) in [7, 11) is 0. The minimum Gasteiger partial charge on any atom is -0.348 e. The monoisotopic (exact) mass is 321 g/mol. The number of benzene rings is 2. The molecule has 2 aliphatic heterocycles. The molecular formula is C19H15NO4. The van der Waals surface area contributed by atoms with Crippen molar-refractivity contribution in [3.8, 4) is 0 Å². The van der Waals surface area contributed by atoms with Crippen LogP contribution < -0.4 is 5.32 Å². The van der Waals surface area contributed by atoms with Gasteiger partial charge in [0, 0.05) is 23.2 Å². The van der Waals surface area contributed by atoms with Gasteiger partial charge >= 0.3 is 0 Å². The number of Topliss-reactive ketones (excluding diaryl/α,β-unsaturated/α-hetero) is 2. The fourth-order valence-electron chi connectivity index (χ4n) is 3.36. The predicted octanol–water partition coefficient (Wildman–Crippen LogP) is 2.47. The molecule has 1 spiro atoms. The number of para-hydroxylation sites is 1. The highest BCUT2D eigenvalue weighted by Crippen LogP contribution is 2.46. The van der Waals surface area contributed by atoms with Crippen LogP contribution in [0.4, 0.5) is 5.69 Å². The molecule has 1 saturated heterocycles. The number of hydrogen-bond donors (Lipinski definition) is 1. The van der Waals surface area contributed by atoms with Crippen molar-refractivity contribution in [2.45, 2.75) is 24.5 Å². The number of amides is 1. The maximum atomic E-state index is 12.4. The summed E-state index contributed by atoms with van der Waals surface area (Å²) in [6, 6.07) is 15.9. The number of rotatable bonds is 3. The third-order valence-electron chi connectivity index (χ3n) is 4.57. The SMILES string of the molecule is O=C(C[C@@H]1O[C@@]2(CC1=O)C(=O)Nc1ccccc12)c1ccccc1. The first-order chi connectivity index (χ1) is 11.6. The standard InChI is InChI=1S/C19H15NO4/c21-15(12-6-2-1-3-7-12)10-17-16(22)11-19(24-17)13-8-4-5-9-14(13)20-18(19)23/h1-9,17H,10-11H2,(H,20,23)/t17-,19+/m0/s1. The molecule has 0 aliphatic carbocycles. The van der Waals surface area contributed by atoms with Gasteiger partial charge in [0.2, 0.25) is 0 Å². The van der Waals surface area contributed by atoms with Gasteiger partial charge in [-0.2, -0.15) is 0 Å². The Labute approximate surface area is 138 Å². The van der Waals surface area contributed by atoms with Gasteiger partial charge in [-0.15, -0.1) is 0 Å². The molecule has 5 heteroatoms. The number of carbonyl (C=O) groups excluding carboxylic acids is 3. The van der Waals surface area contributed by atoms with Gasteiger partial charge in [0.25, 0.3) is 5.91 Å². The van der Waals surface area contributed by atoms with Crippen LogP contribution in [0.15, 0.2) is 54.6 Å². The van der Waals surface area contributed by atoms with Crippen molar-refractivity contribution in [1.29, 1.82) is 0 Å². The average Bonchev–Trinajstić information content (AvgIpc) is 3.06. The van der Waals surface area contributed by atoms with Gasteiger partial charge in [-0.3, -0.25) is 14.4 Å². The van der Waals surface area contributed by atoms with E-state index in [0.717, 1.165) is 0 Å². The van der Waals surface area contributed by atoms with E-state index in [1.165, 1.54) is 0 Å². The fraction of sp³-hybridized carbons (Fsp3) is 0.211. The van der Waals surface area contributed by atoms with Crippen molar-refractivity contribution in [3.05, 3.63) is 65.7 Å². The summed E-state index contributed by atoms with van der Waals surface area (Å²) in [5.74, 6) is -0.726. The number of nitrogens with one attached hydrogen (secondary N) is 1. The number of ether oxygens (including phenoxy) is 1. The van der Waals surface area contributed by atoms with Crippen LogP contribution in [0.5, 0.6) is 0 Å². The highest BCUT2D eigenvalue weighted by atomic mass is 16.5. The van der Waals surface area contributed by atoms with Gasteiger partial charge < -0.3 is 10.1 Å². The van der Waals surface area contributed by atoms with Crippen LogP contribution in [-0.2, 0) is 19.9 Å². The summed E-state index contributed by atoms with van der Waals surface area (Å²) in [6.45, 7) is 0. The second kappa shape index (κ2) is 5.39. The zero-order chi connectivity index (χ0) is 16.7. The topological polar surface area (TPSA) is 72.5 Å². The normalized spacial score (nSPS) is 24.9. The van der Waals surface area contributed by atoms with Crippen molar-refractivity contribution < 1.29 is 19.1 Å². The third kappa shape index (κ3) is 2.17. The molecule has 2 aromatic rings. The highest BCUT2D eigenvalue weighted by molar-refractivity contribution is 6.10. The van der Waals surface area contributed by atoms with Crippen LogP contribution in [0.2, 0.25) is 0 Å². The lowest BCUT2D eigenvalue weighted by atomic mass is 9.91. The Morgan fingerprint density at radius 3 is 2.58 bits per heavy atom. The van der Waals surface area contributed by atoms with E-state index >= 15 is 0 Å². The molecule has 2 aliphatic rings. The van der Waals surface area contributed by atoms with Gasteiger partial charge in [0.15, 0.2) is 17.2 Å². The van der Waals surface area contributed by atoms with E-state index in [1.807, 2.05) is 12.1 Å². The lowest BCUT2D eigenvalue weighted by Gasteiger charge is -2.21. The molecule has 0 saturated carbocycles. The Hall–Kier alpha value is -2.79. The molecule has 5 nitrogen and oxygen atoms in total. The number of hydrogen-bond acceptors (Lipinski definition) is 4. The number of anilines is 1. The molecule has 1 fully saturated rings. The van der Waals surface area contributed by atoms with Gasteiger partial charge in [-0.25, -0.2) is 0 Å². The zero-order valence-electron chi connectivity index (χ0n) is 12.8. The molecule has 2 heterocycles. The van der Waals surface area contributed by atoms with E-state index in [4.69, 9.17) is 4.74 Å². The van der Waals surface area contributed by atoms with Crippen LogP contribution in [-0.4, -0.2) is 23.6 Å². The molecular weight excluding hydrogens is 306 g/mol. The maximum Gasteiger partial charge on any atom is 0.261 e. The zero-order valence-corrected chi connectivity index (χ0v) is 12.8. The molecule has 0 radical (unpaired) electrons. The number of fused-ring (bicyclic) bond motifs is 2. The Morgan fingerprint density at radius 1 is 1.08 bits per heavy atom. The van der Waals surface area contributed by atoms with Crippen molar-refractivity contribution >= 4 is 23.2 Å². The largest absolute Gasteiger partial charge is 0.348 e. The molecule has 120 valence electrons. The molecule has 2 atom stereocenters. The van der Waals surface area contributed by atoms with E-state index in [0.29, 0.717) is 16.8 Å². The third-order valence-corrected chi connectivity index (χ3v) is 4.57. The predicted molar refractivity (Wildman–Crippen MR) is 86.6 cm³/mol. The van der Waals surface area contributed by atoms with Crippen LogP contribution >= 0.6 is 0 Å². The summed E-state index contributed by atoms with van der Waals surface area (Å²) in [4.78, 5) is 37.2. The van der Waals surface area contributed by atoms with Crippen molar-refractivity contribution in [1.82, 2.24) is 0 Å². The minimum atomic E-state index is -1.30. The van der Waals surface area contributed by atoms with E-state index in [9.17, 15) is 14.4 Å². The van der Waals surface area contributed by atoms with Crippen LogP contribution in [0, 0.1) is 0 Å². The van der Waals surface area contributed by atoms with E-state index < -0.39 is 11.7 Å².